The average molecular weight is 718 g/mol. The molecular weight excluding hydrogens is 666 g/mol. The van der Waals surface area contributed by atoms with Crippen LogP contribution in [0.25, 0.3) is 0 Å². The minimum atomic E-state index is -0.906. The van der Waals surface area contributed by atoms with Gasteiger partial charge < -0.3 is 25.6 Å². The number of carbonyl (C=O) groups excluding carboxylic acids is 7. The molecule has 13 heteroatoms. The number of amides is 6. The Morgan fingerprint density at radius 1 is 0.827 bits per heavy atom. The van der Waals surface area contributed by atoms with E-state index in [1.807, 2.05) is 32.9 Å². The van der Waals surface area contributed by atoms with Crippen molar-refractivity contribution >= 4 is 47.1 Å². The van der Waals surface area contributed by atoms with E-state index in [9.17, 15) is 33.6 Å². The summed E-state index contributed by atoms with van der Waals surface area (Å²) in [5.41, 5.74) is 1.90. The third-order valence-electron chi connectivity index (χ3n) is 8.45. The lowest BCUT2D eigenvalue weighted by molar-refractivity contribution is -0.137. The zero-order valence-electron chi connectivity index (χ0n) is 31.1. The Balaban J connectivity index is 1.42. The fourth-order valence-corrected chi connectivity index (χ4v) is 5.33. The van der Waals surface area contributed by atoms with Crippen LogP contribution in [0, 0.1) is 11.3 Å². The molecule has 0 radical (unpaired) electrons. The molecule has 280 valence electrons. The van der Waals surface area contributed by atoms with Gasteiger partial charge in [-0.15, -0.1) is 0 Å². The number of rotatable bonds is 17. The van der Waals surface area contributed by atoms with Crippen LogP contribution in [0.15, 0.2) is 60.7 Å². The average Bonchev–Trinajstić information content (AvgIpc) is 3.41. The first-order chi connectivity index (χ1) is 24.5. The number of carbonyl (C=O) groups is 7. The highest BCUT2D eigenvalue weighted by Crippen LogP contribution is 2.24. The molecule has 0 saturated carbocycles. The van der Waals surface area contributed by atoms with Crippen LogP contribution in [0.5, 0.6) is 0 Å². The standard InChI is InChI=1S/C39H51N5O8/c1-25(2)34(42-31(45)15-9-8-12-22-44-32(46)20-21-33(44)47)37(50)40-26(3)36(49)41-29-18-16-27(17-19-29)24-52-38(51)43(7)23-28-13-10-11-14-30(28)35(48)39(4,5)6/h10-11,13-14,16-21,25-26,34H,8-9,12,15,22-24H2,1-7H3,(H,40,50)(H,41,49)(H,42,45)/t26-,34-/m0/s1. The van der Waals surface area contributed by atoms with E-state index in [1.165, 1.54) is 17.1 Å². The van der Waals surface area contributed by atoms with Gasteiger partial charge in [0.1, 0.15) is 18.7 Å². The Morgan fingerprint density at radius 3 is 2.08 bits per heavy atom. The smallest absolute Gasteiger partial charge is 0.410 e. The van der Waals surface area contributed by atoms with Crippen LogP contribution in [-0.2, 0) is 41.9 Å². The molecule has 0 unspecified atom stereocenters. The number of anilines is 1. The van der Waals surface area contributed by atoms with E-state index in [1.54, 1.807) is 64.2 Å². The van der Waals surface area contributed by atoms with E-state index in [0.29, 0.717) is 42.6 Å². The molecule has 1 aliphatic heterocycles. The van der Waals surface area contributed by atoms with Gasteiger partial charge in [-0.05, 0) is 48.9 Å². The number of hydrogen-bond acceptors (Lipinski definition) is 8. The van der Waals surface area contributed by atoms with Gasteiger partial charge in [-0.25, -0.2) is 4.79 Å². The molecule has 52 heavy (non-hydrogen) atoms. The SMILES string of the molecule is CC(C)[C@H](NC(=O)CCCCCN1C(=O)C=CC1=O)C(=O)N[C@@H](C)C(=O)Nc1ccc(COC(=O)N(C)Cc2ccccc2C(=O)C(C)(C)C)cc1. The maximum atomic E-state index is 13.0. The van der Waals surface area contributed by atoms with Gasteiger partial charge in [-0.1, -0.05) is 77.4 Å². The van der Waals surface area contributed by atoms with E-state index >= 15 is 0 Å². The second-order valence-corrected chi connectivity index (χ2v) is 14.3. The molecule has 13 nitrogen and oxygen atoms in total. The monoisotopic (exact) mass is 717 g/mol. The maximum absolute atomic E-state index is 13.0. The molecule has 0 saturated heterocycles. The summed E-state index contributed by atoms with van der Waals surface area (Å²) in [7, 11) is 1.60. The van der Waals surface area contributed by atoms with Gasteiger partial charge in [-0.2, -0.15) is 0 Å². The highest BCUT2D eigenvalue weighted by atomic mass is 16.6. The quantitative estimate of drug-likeness (QED) is 0.120. The molecule has 3 rings (SSSR count). The molecule has 6 amide bonds. The minimum absolute atomic E-state index is 0.00687. The number of ketones is 1. The summed E-state index contributed by atoms with van der Waals surface area (Å²) in [4.78, 5) is 90.0. The molecule has 0 aromatic heterocycles. The lowest BCUT2D eigenvalue weighted by Crippen LogP contribution is -2.53. The summed E-state index contributed by atoms with van der Waals surface area (Å²) in [5.74, 6) is -2.18. The molecule has 2 atom stereocenters. The minimum Gasteiger partial charge on any atom is -0.445 e. The van der Waals surface area contributed by atoms with Crippen molar-refractivity contribution in [1.82, 2.24) is 20.4 Å². The van der Waals surface area contributed by atoms with Gasteiger partial charge in [0, 0.05) is 55.4 Å². The van der Waals surface area contributed by atoms with Gasteiger partial charge in [0.2, 0.25) is 17.7 Å². The first kappa shape index (κ1) is 41.1. The second-order valence-electron chi connectivity index (χ2n) is 14.3. The van der Waals surface area contributed by atoms with Crippen molar-refractivity contribution in [2.24, 2.45) is 11.3 Å². The zero-order valence-corrected chi connectivity index (χ0v) is 31.1. The molecule has 1 aliphatic rings. The van der Waals surface area contributed by atoms with Crippen molar-refractivity contribution in [2.75, 3.05) is 18.9 Å². The normalized spacial score (nSPS) is 13.8. The molecule has 2 aromatic carbocycles. The summed E-state index contributed by atoms with van der Waals surface area (Å²) < 4.78 is 5.47. The largest absolute Gasteiger partial charge is 0.445 e. The predicted octanol–water partition coefficient (Wildman–Crippen LogP) is 4.75. The predicted molar refractivity (Wildman–Crippen MR) is 196 cm³/mol. The van der Waals surface area contributed by atoms with Gasteiger partial charge in [-0.3, -0.25) is 33.7 Å². The molecule has 3 N–H and O–H groups in total. The summed E-state index contributed by atoms with van der Waals surface area (Å²) in [6.07, 6.45) is 3.81. The lowest BCUT2D eigenvalue weighted by Gasteiger charge is -2.24. The molecule has 0 fully saturated rings. The molecule has 1 heterocycles. The number of imide groups is 1. The number of Topliss-reactive ketones (excluding diaryl/α,β-unsaturated/α-hetero) is 1. The van der Waals surface area contributed by atoms with Crippen LogP contribution in [0.4, 0.5) is 10.5 Å². The maximum Gasteiger partial charge on any atom is 0.410 e. The highest BCUT2D eigenvalue weighted by molar-refractivity contribution is 6.12. The number of ether oxygens (including phenoxy) is 1. The van der Waals surface area contributed by atoms with Gasteiger partial charge in [0.25, 0.3) is 11.8 Å². The first-order valence-electron chi connectivity index (χ1n) is 17.5. The first-order valence-corrected chi connectivity index (χ1v) is 17.5. The Bertz CT molecular complexity index is 1640. The number of benzene rings is 2. The van der Waals surface area contributed by atoms with Crippen molar-refractivity contribution in [3.05, 3.63) is 77.4 Å². The number of hydrogen-bond donors (Lipinski definition) is 3. The Kier molecular flexibility index (Phi) is 14.8. The Morgan fingerprint density at radius 2 is 1.46 bits per heavy atom. The van der Waals surface area contributed by atoms with E-state index in [0.717, 1.165) is 10.5 Å². The topological polar surface area (TPSA) is 171 Å². The lowest BCUT2D eigenvalue weighted by atomic mass is 9.84. The second kappa shape index (κ2) is 18.8. The van der Waals surface area contributed by atoms with Gasteiger partial charge in [0.15, 0.2) is 5.78 Å². The molecule has 0 spiro atoms. The van der Waals surface area contributed by atoms with Crippen LogP contribution >= 0.6 is 0 Å². The van der Waals surface area contributed by atoms with E-state index < -0.39 is 35.4 Å². The van der Waals surface area contributed by atoms with E-state index in [4.69, 9.17) is 4.74 Å². The molecular formula is C39H51N5O8. The molecule has 0 bridgehead atoms. The van der Waals surface area contributed by atoms with Crippen molar-refractivity contribution < 1.29 is 38.3 Å². The zero-order chi connectivity index (χ0) is 38.6. The number of unbranched alkanes of at least 4 members (excludes halogenated alkanes) is 2. The third-order valence-corrected chi connectivity index (χ3v) is 8.45. The summed E-state index contributed by atoms with van der Waals surface area (Å²) in [6, 6.07) is 12.2. The van der Waals surface area contributed by atoms with E-state index in [2.05, 4.69) is 16.0 Å². The van der Waals surface area contributed by atoms with Crippen LogP contribution in [0.3, 0.4) is 0 Å². The summed E-state index contributed by atoms with van der Waals surface area (Å²) >= 11 is 0. The fraction of sp³-hybridized carbons (Fsp3) is 0.462. The van der Waals surface area contributed by atoms with Gasteiger partial charge in [0.05, 0.1) is 0 Å². The van der Waals surface area contributed by atoms with E-state index in [-0.39, 0.29) is 49.0 Å². The van der Waals surface area contributed by atoms with Crippen molar-refractivity contribution in [3.8, 4) is 0 Å². The molecule has 0 aliphatic carbocycles. The third kappa shape index (κ3) is 12.2. The highest BCUT2D eigenvalue weighted by Gasteiger charge is 2.28. The van der Waals surface area contributed by atoms with Crippen molar-refractivity contribution in [1.29, 1.82) is 0 Å². The number of nitrogens with one attached hydrogen (secondary N) is 3. The van der Waals surface area contributed by atoms with Crippen LogP contribution in [-0.4, -0.2) is 76.9 Å². The van der Waals surface area contributed by atoms with Crippen molar-refractivity contribution in [2.45, 2.75) is 92.5 Å². The fourth-order valence-electron chi connectivity index (χ4n) is 5.33. The Hall–Kier alpha value is -5.33. The van der Waals surface area contributed by atoms with Crippen LogP contribution in [0.1, 0.15) is 88.7 Å². The Labute approximate surface area is 305 Å². The summed E-state index contributed by atoms with van der Waals surface area (Å²) in [5, 5.41) is 8.17. The summed E-state index contributed by atoms with van der Waals surface area (Å²) in [6.45, 7) is 11.2. The molecule has 2 aromatic rings. The van der Waals surface area contributed by atoms with Crippen LogP contribution in [0.2, 0.25) is 0 Å². The van der Waals surface area contributed by atoms with Gasteiger partial charge >= 0.3 is 6.09 Å². The number of nitrogens with zero attached hydrogens (tertiary/aromatic N) is 2. The van der Waals surface area contributed by atoms with Crippen LogP contribution < -0.4 is 16.0 Å². The van der Waals surface area contributed by atoms with Crippen molar-refractivity contribution in [3.63, 3.8) is 0 Å².